The quantitative estimate of drug-likeness (QED) is 0.730. The summed E-state index contributed by atoms with van der Waals surface area (Å²) in [5.41, 5.74) is -0.957. The number of halogens is 4. The van der Waals surface area contributed by atoms with Crippen molar-refractivity contribution in [3.63, 3.8) is 0 Å². The molecule has 0 amide bonds. The van der Waals surface area contributed by atoms with Crippen LogP contribution in [0.3, 0.4) is 0 Å². The van der Waals surface area contributed by atoms with Gasteiger partial charge in [-0.2, -0.15) is 18.2 Å². The molecule has 8 heteroatoms. The lowest BCUT2D eigenvalue weighted by atomic mass is 10.1. The van der Waals surface area contributed by atoms with Crippen LogP contribution in [0.1, 0.15) is 25.8 Å². The largest absolute Gasteiger partial charge is 0.418 e. The molecule has 0 unspecified atom stereocenters. The summed E-state index contributed by atoms with van der Waals surface area (Å²) in [5, 5.41) is 5.75. The fraction of sp³-hybridized carbons (Fsp3) is 0.375. The Balaban J connectivity index is 2.17. The fourth-order valence-electron chi connectivity index (χ4n) is 1.98. The van der Waals surface area contributed by atoms with Gasteiger partial charge in [0, 0.05) is 17.8 Å². The molecule has 2 rings (SSSR count). The lowest BCUT2D eigenvalue weighted by Crippen LogP contribution is -2.11. The highest BCUT2D eigenvalue weighted by molar-refractivity contribution is 6.30. The van der Waals surface area contributed by atoms with E-state index < -0.39 is 11.7 Å². The minimum atomic E-state index is -4.52. The summed E-state index contributed by atoms with van der Waals surface area (Å²) in [5.74, 6) is 1.16. The summed E-state index contributed by atoms with van der Waals surface area (Å²) in [6.07, 6.45) is -2.09. The third-order valence-electron chi connectivity index (χ3n) is 3.21. The highest BCUT2D eigenvalue weighted by atomic mass is 35.5. The summed E-state index contributed by atoms with van der Waals surface area (Å²) in [6, 6.07) is 5.05. The molecule has 0 atom stereocenters. The maximum Gasteiger partial charge on any atom is 0.418 e. The van der Waals surface area contributed by atoms with Crippen LogP contribution in [-0.2, 0) is 6.18 Å². The first kappa shape index (κ1) is 18.3. The normalized spacial score (nSPS) is 11.6. The number of nitrogens with zero attached hydrogens (tertiary/aromatic N) is 2. The number of anilines is 3. The Labute approximate surface area is 143 Å². The molecule has 0 aliphatic carbocycles. The van der Waals surface area contributed by atoms with Gasteiger partial charge >= 0.3 is 6.18 Å². The van der Waals surface area contributed by atoms with E-state index in [1.165, 1.54) is 24.4 Å². The first-order valence-corrected chi connectivity index (χ1v) is 7.84. The SMILES string of the molecule is CC(C)CCNc1nccc(Nc2ccc(Cl)cc2C(F)(F)F)n1. The van der Waals surface area contributed by atoms with Crippen molar-refractivity contribution in [3.8, 4) is 0 Å². The van der Waals surface area contributed by atoms with E-state index in [9.17, 15) is 13.2 Å². The molecule has 1 heterocycles. The molecule has 24 heavy (non-hydrogen) atoms. The fourth-order valence-corrected chi connectivity index (χ4v) is 2.16. The summed E-state index contributed by atoms with van der Waals surface area (Å²) >= 11 is 5.67. The van der Waals surface area contributed by atoms with Gasteiger partial charge in [0.05, 0.1) is 11.3 Å². The topological polar surface area (TPSA) is 49.8 Å². The van der Waals surface area contributed by atoms with Crippen LogP contribution < -0.4 is 10.6 Å². The van der Waals surface area contributed by atoms with Crippen LogP contribution in [0.15, 0.2) is 30.5 Å². The average molecular weight is 359 g/mol. The van der Waals surface area contributed by atoms with E-state index in [1.54, 1.807) is 0 Å². The van der Waals surface area contributed by atoms with E-state index in [-0.39, 0.29) is 16.5 Å². The molecule has 2 N–H and O–H groups in total. The summed E-state index contributed by atoms with van der Waals surface area (Å²) in [7, 11) is 0. The minimum Gasteiger partial charge on any atom is -0.354 e. The molecule has 2 aromatic rings. The number of aromatic nitrogens is 2. The third kappa shape index (κ3) is 5.26. The van der Waals surface area contributed by atoms with Crippen LogP contribution in [0.5, 0.6) is 0 Å². The van der Waals surface area contributed by atoms with Gasteiger partial charge in [-0.1, -0.05) is 25.4 Å². The minimum absolute atomic E-state index is 0.0200. The average Bonchev–Trinajstić information content (AvgIpc) is 2.48. The first-order valence-electron chi connectivity index (χ1n) is 7.46. The number of benzene rings is 1. The van der Waals surface area contributed by atoms with E-state index in [1.807, 2.05) is 0 Å². The van der Waals surface area contributed by atoms with Crippen molar-refractivity contribution in [2.75, 3.05) is 17.2 Å². The molecule has 0 radical (unpaired) electrons. The van der Waals surface area contributed by atoms with Gasteiger partial charge < -0.3 is 10.6 Å². The molecule has 0 saturated carbocycles. The van der Waals surface area contributed by atoms with Crippen LogP contribution in [0, 0.1) is 5.92 Å². The van der Waals surface area contributed by atoms with Gasteiger partial charge in [-0.15, -0.1) is 0 Å². The second-order valence-electron chi connectivity index (χ2n) is 5.69. The van der Waals surface area contributed by atoms with E-state index in [0.29, 0.717) is 18.4 Å². The highest BCUT2D eigenvalue weighted by Crippen LogP contribution is 2.37. The first-order chi connectivity index (χ1) is 11.3. The van der Waals surface area contributed by atoms with Crippen molar-refractivity contribution in [2.45, 2.75) is 26.4 Å². The van der Waals surface area contributed by atoms with Crippen molar-refractivity contribution >= 4 is 29.1 Å². The molecule has 0 bridgehead atoms. The molecular formula is C16H18ClF3N4. The second-order valence-corrected chi connectivity index (χ2v) is 6.12. The maximum absolute atomic E-state index is 13.1. The number of rotatable bonds is 6. The Morgan fingerprint density at radius 1 is 1.21 bits per heavy atom. The molecule has 0 saturated heterocycles. The van der Waals surface area contributed by atoms with Crippen molar-refractivity contribution in [2.24, 2.45) is 5.92 Å². The van der Waals surface area contributed by atoms with Gasteiger partial charge in [-0.05, 0) is 36.6 Å². The number of alkyl halides is 3. The molecular weight excluding hydrogens is 341 g/mol. The smallest absolute Gasteiger partial charge is 0.354 e. The molecule has 4 nitrogen and oxygen atoms in total. The number of hydrogen-bond acceptors (Lipinski definition) is 4. The lowest BCUT2D eigenvalue weighted by molar-refractivity contribution is -0.136. The number of hydrogen-bond donors (Lipinski definition) is 2. The second kappa shape index (κ2) is 7.70. The molecule has 0 spiro atoms. The monoisotopic (exact) mass is 358 g/mol. The lowest BCUT2D eigenvalue weighted by Gasteiger charge is -2.15. The van der Waals surface area contributed by atoms with Crippen molar-refractivity contribution in [3.05, 3.63) is 41.0 Å². The van der Waals surface area contributed by atoms with E-state index >= 15 is 0 Å². The highest BCUT2D eigenvalue weighted by Gasteiger charge is 2.33. The van der Waals surface area contributed by atoms with E-state index in [2.05, 4.69) is 34.4 Å². The maximum atomic E-state index is 13.1. The van der Waals surface area contributed by atoms with Crippen molar-refractivity contribution < 1.29 is 13.2 Å². The Kier molecular flexibility index (Phi) is 5.88. The summed E-state index contributed by atoms with van der Waals surface area (Å²) < 4.78 is 39.3. The van der Waals surface area contributed by atoms with Gasteiger partial charge in [-0.3, -0.25) is 0 Å². The van der Waals surface area contributed by atoms with Crippen molar-refractivity contribution in [1.29, 1.82) is 0 Å². The Hall–Kier alpha value is -2.02. The standard InChI is InChI=1S/C16H18ClF3N4/c1-10(2)5-7-21-15-22-8-6-14(24-15)23-13-4-3-11(17)9-12(13)16(18,19)20/h3-4,6,8-10H,5,7H2,1-2H3,(H2,21,22,23,24). The zero-order chi connectivity index (χ0) is 17.7. The predicted octanol–water partition coefficient (Wildman–Crippen LogP) is 5.35. The van der Waals surface area contributed by atoms with Gasteiger partial charge in [0.15, 0.2) is 0 Å². The number of nitrogens with one attached hydrogen (secondary N) is 2. The third-order valence-corrected chi connectivity index (χ3v) is 3.45. The molecule has 1 aromatic carbocycles. The zero-order valence-electron chi connectivity index (χ0n) is 13.3. The predicted molar refractivity (Wildman–Crippen MR) is 89.7 cm³/mol. The molecule has 0 fully saturated rings. The zero-order valence-corrected chi connectivity index (χ0v) is 14.0. The van der Waals surface area contributed by atoms with E-state index in [0.717, 1.165) is 12.5 Å². The Bertz CT molecular complexity index is 689. The summed E-state index contributed by atoms with van der Waals surface area (Å²) in [6.45, 7) is 4.88. The molecule has 130 valence electrons. The van der Waals surface area contributed by atoms with Crippen molar-refractivity contribution in [1.82, 2.24) is 9.97 Å². The van der Waals surface area contributed by atoms with Crippen LogP contribution in [-0.4, -0.2) is 16.5 Å². The van der Waals surface area contributed by atoms with Crippen LogP contribution >= 0.6 is 11.6 Å². The van der Waals surface area contributed by atoms with Gasteiger partial charge in [0.25, 0.3) is 0 Å². The van der Waals surface area contributed by atoms with E-state index in [4.69, 9.17) is 11.6 Å². The summed E-state index contributed by atoms with van der Waals surface area (Å²) in [4.78, 5) is 8.23. The van der Waals surface area contributed by atoms with Crippen LogP contribution in [0.4, 0.5) is 30.6 Å². The Morgan fingerprint density at radius 3 is 2.62 bits per heavy atom. The van der Waals surface area contributed by atoms with Gasteiger partial charge in [-0.25, -0.2) is 4.98 Å². The molecule has 0 aliphatic rings. The van der Waals surface area contributed by atoms with Crippen LogP contribution in [0.2, 0.25) is 5.02 Å². The van der Waals surface area contributed by atoms with Gasteiger partial charge in [0.2, 0.25) is 5.95 Å². The van der Waals surface area contributed by atoms with Crippen LogP contribution in [0.25, 0.3) is 0 Å². The Morgan fingerprint density at radius 2 is 1.96 bits per heavy atom. The molecule has 0 aliphatic heterocycles. The van der Waals surface area contributed by atoms with Gasteiger partial charge in [0.1, 0.15) is 5.82 Å². The molecule has 1 aromatic heterocycles.